The van der Waals surface area contributed by atoms with E-state index in [1.807, 2.05) is 17.5 Å². The number of thiophene rings is 2. The van der Waals surface area contributed by atoms with Crippen LogP contribution in [0, 0.1) is 0 Å². The normalized spacial score (nSPS) is 11.5. The van der Waals surface area contributed by atoms with Gasteiger partial charge in [0.2, 0.25) is 15.9 Å². The smallest absolute Gasteiger partial charge is 0.349 e. The fourth-order valence-corrected chi connectivity index (χ4v) is 4.89. The Morgan fingerprint density at radius 3 is 2.88 bits per heavy atom. The van der Waals surface area contributed by atoms with Crippen LogP contribution in [-0.2, 0) is 21.3 Å². The summed E-state index contributed by atoms with van der Waals surface area (Å²) in [6.45, 7) is -0.0479. The van der Waals surface area contributed by atoms with E-state index in [2.05, 4.69) is 14.4 Å². The van der Waals surface area contributed by atoms with Crippen molar-refractivity contribution in [1.29, 1.82) is 0 Å². The summed E-state index contributed by atoms with van der Waals surface area (Å²) >= 11 is 2.48. The summed E-state index contributed by atoms with van der Waals surface area (Å²) in [5.74, 6) is -0.253. The molecule has 0 aliphatic carbocycles. The van der Waals surface area contributed by atoms with E-state index in [-0.39, 0.29) is 16.3 Å². The van der Waals surface area contributed by atoms with Crippen molar-refractivity contribution in [2.45, 2.75) is 11.4 Å². The highest BCUT2D eigenvalue weighted by Crippen LogP contribution is 2.25. The van der Waals surface area contributed by atoms with E-state index in [0.29, 0.717) is 11.6 Å². The third kappa shape index (κ3) is 3.41. The number of hydrogen-bond donors (Lipinski definition) is 1. The van der Waals surface area contributed by atoms with Gasteiger partial charge in [-0.1, -0.05) is 6.07 Å². The summed E-state index contributed by atoms with van der Waals surface area (Å²) in [4.78, 5) is 16.6. The zero-order chi connectivity index (χ0) is 17.2. The summed E-state index contributed by atoms with van der Waals surface area (Å²) in [5.41, 5.74) is 0.442. The Labute approximate surface area is 146 Å². The maximum Gasteiger partial charge on any atom is 0.349 e. The zero-order valence-electron chi connectivity index (χ0n) is 12.4. The lowest BCUT2D eigenvalue weighted by atomic mass is 10.4. The molecule has 24 heavy (non-hydrogen) atoms. The first-order chi connectivity index (χ1) is 11.5. The molecule has 0 unspecified atom stereocenters. The number of nitrogens with zero attached hydrogens (tertiary/aromatic N) is 1. The number of oxazole rings is 1. The fraction of sp³-hybridized carbons (Fsp3) is 0.143. The van der Waals surface area contributed by atoms with Crippen LogP contribution in [0.2, 0.25) is 0 Å². The van der Waals surface area contributed by atoms with E-state index in [0.717, 1.165) is 16.2 Å². The van der Waals surface area contributed by atoms with Crippen molar-refractivity contribution in [2.75, 3.05) is 7.11 Å². The molecule has 0 saturated heterocycles. The zero-order valence-corrected chi connectivity index (χ0v) is 14.8. The Morgan fingerprint density at radius 1 is 1.33 bits per heavy atom. The molecule has 0 aromatic carbocycles. The van der Waals surface area contributed by atoms with Gasteiger partial charge in [-0.15, -0.1) is 22.7 Å². The predicted octanol–water partition coefficient (Wildman–Crippen LogP) is 2.73. The molecule has 0 fully saturated rings. The van der Waals surface area contributed by atoms with Crippen LogP contribution in [0.3, 0.4) is 0 Å². The van der Waals surface area contributed by atoms with Crippen LogP contribution in [0.25, 0.3) is 10.8 Å². The van der Waals surface area contributed by atoms with Gasteiger partial charge in [0.05, 0.1) is 24.2 Å². The number of sulfonamides is 1. The summed E-state index contributed by atoms with van der Waals surface area (Å²) in [7, 11) is -2.66. The number of rotatable bonds is 6. The van der Waals surface area contributed by atoms with Gasteiger partial charge in [0.25, 0.3) is 0 Å². The molecule has 1 N–H and O–H groups in total. The summed E-state index contributed by atoms with van der Waals surface area (Å²) in [5, 5.41) is 3.42. The highest BCUT2D eigenvalue weighted by Gasteiger charge is 2.24. The van der Waals surface area contributed by atoms with Crippen LogP contribution in [0.4, 0.5) is 0 Å². The minimum Gasteiger partial charge on any atom is -0.465 e. The van der Waals surface area contributed by atoms with Crippen molar-refractivity contribution in [2.24, 2.45) is 0 Å². The molecule has 126 valence electrons. The average Bonchev–Trinajstić information content (AvgIpc) is 3.32. The largest absolute Gasteiger partial charge is 0.465 e. The van der Waals surface area contributed by atoms with Crippen LogP contribution in [0.1, 0.15) is 15.4 Å². The minimum atomic E-state index is -3.86. The predicted molar refractivity (Wildman–Crippen MR) is 89.5 cm³/mol. The first-order valence-corrected chi connectivity index (χ1v) is 9.89. The Kier molecular flexibility index (Phi) is 4.81. The van der Waals surface area contributed by atoms with Gasteiger partial charge < -0.3 is 9.15 Å². The molecule has 3 heterocycles. The van der Waals surface area contributed by atoms with Crippen molar-refractivity contribution >= 4 is 38.7 Å². The SMILES string of the molecule is COC(=O)c1sccc1S(=O)(=O)NCc1coc(-c2cccs2)n1. The topological polar surface area (TPSA) is 98.5 Å². The maximum absolute atomic E-state index is 12.4. The number of carbonyl (C=O) groups is 1. The second kappa shape index (κ2) is 6.85. The van der Waals surface area contributed by atoms with Crippen LogP contribution < -0.4 is 4.72 Å². The van der Waals surface area contributed by atoms with E-state index in [1.165, 1.54) is 36.2 Å². The van der Waals surface area contributed by atoms with Crippen molar-refractivity contribution in [1.82, 2.24) is 9.71 Å². The van der Waals surface area contributed by atoms with Gasteiger partial charge in [-0.2, -0.15) is 0 Å². The van der Waals surface area contributed by atoms with Crippen molar-refractivity contribution in [3.8, 4) is 10.8 Å². The first kappa shape index (κ1) is 16.8. The van der Waals surface area contributed by atoms with Gasteiger partial charge in [-0.05, 0) is 22.9 Å². The molecule has 0 aliphatic rings. The van der Waals surface area contributed by atoms with Crippen molar-refractivity contribution < 1.29 is 22.4 Å². The highest BCUT2D eigenvalue weighted by atomic mass is 32.2. The van der Waals surface area contributed by atoms with E-state index in [9.17, 15) is 13.2 Å². The molecule has 0 bridgehead atoms. The average molecular weight is 384 g/mol. The molecule has 3 rings (SSSR count). The molecule has 3 aromatic rings. The molecule has 0 saturated carbocycles. The number of aromatic nitrogens is 1. The molecular formula is C14H12N2O5S3. The summed E-state index contributed by atoms with van der Waals surface area (Å²) in [6, 6.07) is 5.09. The lowest BCUT2D eigenvalue weighted by molar-refractivity contribution is 0.0602. The number of methoxy groups -OCH3 is 1. The van der Waals surface area contributed by atoms with E-state index < -0.39 is 16.0 Å². The number of nitrogens with one attached hydrogen (secondary N) is 1. The Bertz CT molecular complexity index is 941. The van der Waals surface area contributed by atoms with E-state index >= 15 is 0 Å². The van der Waals surface area contributed by atoms with E-state index in [1.54, 1.807) is 0 Å². The fourth-order valence-electron chi connectivity index (χ4n) is 1.90. The molecule has 7 nitrogen and oxygen atoms in total. The van der Waals surface area contributed by atoms with Crippen LogP contribution in [-0.4, -0.2) is 26.5 Å². The first-order valence-electron chi connectivity index (χ1n) is 6.65. The van der Waals surface area contributed by atoms with Gasteiger partial charge in [0, 0.05) is 0 Å². The van der Waals surface area contributed by atoms with Crippen molar-refractivity contribution in [3.63, 3.8) is 0 Å². The lowest BCUT2D eigenvalue weighted by Crippen LogP contribution is -2.24. The Hall–Kier alpha value is -2.01. The van der Waals surface area contributed by atoms with E-state index in [4.69, 9.17) is 4.42 Å². The highest BCUT2D eigenvalue weighted by molar-refractivity contribution is 7.89. The van der Waals surface area contributed by atoms with Gasteiger partial charge in [-0.3, -0.25) is 0 Å². The Morgan fingerprint density at radius 2 is 2.17 bits per heavy atom. The third-order valence-corrected chi connectivity index (χ3v) is 6.34. The number of carbonyl (C=O) groups excluding carboxylic acids is 1. The number of hydrogen-bond acceptors (Lipinski definition) is 8. The summed E-state index contributed by atoms with van der Waals surface area (Å²) in [6.07, 6.45) is 1.40. The van der Waals surface area contributed by atoms with Crippen LogP contribution in [0.15, 0.2) is 44.5 Å². The second-order valence-electron chi connectivity index (χ2n) is 4.55. The molecule has 0 aliphatic heterocycles. The molecule has 0 atom stereocenters. The second-order valence-corrected chi connectivity index (χ2v) is 8.15. The monoisotopic (exact) mass is 384 g/mol. The third-order valence-electron chi connectivity index (χ3n) is 3.02. The molecule has 0 radical (unpaired) electrons. The number of ether oxygens (including phenoxy) is 1. The van der Waals surface area contributed by atoms with Gasteiger partial charge in [0.1, 0.15) is 16.0 Å². The van der Waals surface area contributed by atoms with Gasteiger partial charge >= 0.3 is 5.97 Å². The van der Waals surface area contributed by atoms with Crippen molar-refractivity contribution in [3.05, 3.63) is 45.8 Å². The quantitative estimate of drug-likeness (QED) is 0.656. The molecule has 0 spiro atoms. The Balaban J connectivity index is 1.74. The van der Waals surface area contributed by atoms with Crippen LogP contribution in [0.5, 0.6) is 0 Å². The molecule has 10 heteroatoms. The molecule has 0 amide bonds. The van der Waals surface area contributed by atoms with Gasteiger partial charge in [0.15, 0.2) is 0 Å². The lowest BCUT2D eigenvalue weighted by Gasteiger charge is -2.05. The summed E-state index contributed by atoms with van der Waals surface area (Å²) < 4.78 is 37.1. The maximum atomic E-state index is 12.4. The standard InChI is InChI=1S/C14H12N2O5S3/c1-20-14(17)12-11(4-6-23-12)24(18,19)15-7-9-8-21-13(16-9)10-3-2-5-22-10/h2-6,8,15H,7H2,1H3. The molecule has 3 aromatic heterocycles. The molecular weight excluding hydrogens is 372 g/mol. The minimum absolute atomic E-state index is 0.0319. The number of esters is 1. The van der Waals surface area contributed by atoms with Gasteiger partial charge in [-0.25, -0.2) is 22.9 Å². The van der Waals surface area contributed by atoms with Crippen LogP contribution >= 0.6 is 22.7 Å².